The molecular formula is C17H20N2O2. The van der Waals surface area contributed by atoms with E-state index in [2.05, 4.69) is 17.4 Å². The van der Waals surface area contributed by atoms with E-state index in [1.807, 2.05) is 42.5 Å². The number of urea groups is 1. The monoisotopic (exact) mass is 284 g/mol. The van der Waals surface area contributed by atoms with Crippen LogP contribution in [0.15, 0.2) is 54.6 Å². The van der Waals surface area contributed by atoms with E-state index in [1.165, 1.54) is 0 Å². The molecule has 0 radical (unpaired) electrons. The number of likely N-dealkylation sites (N-methyl/N-ethyl adjacent to an activating group) is 1. The summed E-state index contributed by atoms with van der Waals surface area (Å²) in [7, 11) is 3.36. The van der Waals surface area contributed by atoms with Gasteiger partial charge in [0.2, 0.25) is 0 Å². The van der Waals surface area contributed by atoms with Gasteiger partial charge in [-0.2, -0.15) is 0 Å². The van der Waals surface area contributed by atoms with Crippen LogP contribution in [0.5, 0.6) is 0 Å². The van der Waals surface area contributed by atoms with Gasteiger partial charge in [0.05, 0.1) is 6.61 Å². The van der Waals surface area contributed by atoms with Crippen molar-refractivity contribution in [3.8, 4) is 11.1 Å². The molecule has 4 nitrogen and oxygen atoms in total. The topological polar surface area (TPSA) is 41.6 Å². The number of anilines is 1. The van der Waals surface area contributed by atoms with Crippen molar-refractivity contribution in [2.24, 2.45) is 0 Å². The second kappa shape index (κ2) is 7.45. The lowest BCUT2D eigenvalue weighted by Crippen LogP contribution is -2.33. The highest BCUT2D eigenvalue weighted by atomic mass is 16.5. The van der Waals surface area contributed by atoms with Crippen molar-refractivity contribution in [2.75, 3.05) is 32.6 Å². The van der Waals surface area contributed by atoms with Crippen LogP contribution < -0.4 is 5.32 Å². The summed E-state index contributed by atoms with van der Waals surface area (Å²) in [5.74, 6) is 0. The molecule has 0 spiro atoms. The van der Waals surface area contributed by atoms with Gasteiger partial charge in [-0.05, 0) is 23.3 Å². The summed E-state index contributed by atoms with van der Waals surface area (Å²) in [6.45, 7) is 1.08. The van der Waals surface area contributed by atoms with Crippen molar-refractivity contribution >= 4 is 11.7 Å². The van der Waals surface area contributed by atoms with Crippen molar-refractivity contribution in [1.29, 1.82) is 0 Å². The molecule has 0 heterocycles. The Balaban J connectivity index is 1.98. The summed E-state index contributed by atoms with van der Waals surface area (Å²) in [5, 5.41) is 2.86. The van der Waals surface area contributed by atoms with E-state index in [9.17, 15) is 4.79 Å². The Kier molecular flexibility index (Phi) is 5.35. The zero-order chi connectivity index (χ0) is 15.1. The predicted molar refractivity (Wildman–Crippen MR) is 85.4 cm³/mol. The number of rotatable bonds is 5. The Hall–Kier alpha value is -2.33. The number of hydrogen-bond donors (Lipinski definition) is 1. The van der Waals surface area contributed by atoms with Gasteiger partial charge in [-0.1, -0.05) is 42.5 Å². The Morgan fingerprint density at radius 3 is 2.29 bits per heavy atom. The van der Waals surface area contributed by atoms with E-state index >= 15 is 0 Å². The Morgan fingerprint density at radius 1 is 1.05 bits per heavy atom. The van der Waals surface area contributed by atoms with E-state index in [1.54, 1.807) is 19.1 Å². The minimum absolute atomic E-state index is 0.139. The fourth-order valence-electron chi connectivity index (χ4n) is 1.93. The summed E-state index contributed by atoms with van der Waals surface area (Å²) >= 11 is 0. The second-order valence-corrected chi connectivity index (χ2v) is 4.79. The smallest absolute Gasteiger partial charge is 0.321 e. The Bertz CT molecular complexity index is 567. The Labute approximate surface area is 125 Å². The van der Waals surface area contributed by atoms with Crippen LogP contribution in [-0.4, -0.2) is 38.2 Å². The number of carbonyl (C=O) groups is 1. The third-order valence-electron chi connectivity index (χ3n) is 3.22. The fourth-order valence-corrected chi connectivity index (χ4v) is 1.93. The number of methoxy groups -OCH3 is 1. The largest absolute Gasteiger partial charge is 0.383 e. The molecule has 21 heavy (non-hydrogen) atoms. The lowest BCUT2D eigenvalue weighted by molar-refractivity contribution is 0.165. The molecular weight excluding hydrogens is 264 g/mol. The van der Waals surface area contributed by atoms with Crippen molar-refractivity contribution < 1.29 is 9.53 Å². The van der Waals surface area contributed by atoms with Gasteiger partial charge >= 0.3 is 6.03 Å². The van der Waals surface area contributed by atoms with Gasteiger partial charge in [0.1, 0.15) is 0 Å². The molecule has 110 valence electrons. The van der Waals surface area contributed by atoms with Crippen LogP contribution >= 0.6 is 0 Å². The van der Waals surface area contributed by atoms with Gasteiger partial charge in [-0.3, -0.25) is 0 Å². The molecule has 0 atom stereocenters. The van der Waals surface area contributed by atoms with E-state index < -0.39 is 0 Å². The normalized spacial score (nSPS) is 10.2. The third-order valence-corrected chi connectivity index (χ3v) is 3.22. The summed E-state index contributed by atoms with van der Waals surface area (Å²) in [6.07, 6.45) is 0. The maximum Gasteiger partial charge on any atom is 0.321 e. The number of nitrogens with zero attached hydrogens (tertiary/aromatic N) is 1. The van der Waals surface area contributed by atoms with E-state index in [0.717, 1.165) is 16.8 Å². The molecule has 0 aliphatic heterocycles. The molecule has 0 bridgehead atoms. The van der Waals surface area contributed by atoms with Crippen molar-refractivity contribution in [3.63, 3.8) is 0 Å². The molecule has 2 aromatic rings. The molecule has 2 rings (SSSR count). The number of ether oxygens (including phenoxy) is 1. The average molecular weight is 284 g/mol. The fraction of sp³-hybridized carbons (Fsp3) is 0.235. The number of amides is 2. The van der Waals surface area contributed by atoms with Crippen LogP contribution in [0, 0.1) is 0 Å². The average Bonchev–Trinajstić information content (AvgIpc) is 2.54. The predicted octanol–water partition coefficient (Wildman–Crippen LogP) is 3.46. The number of nitrogens with one attached hydrogen (secondary N) is 1. The van der Waals surface area contributed by atoms with Gasteiger partial charge in [0.15, 0.2) is 0 Å². The molecule has 0 aliphatic carbocycles. The van der Waals surface area contributed by atoms with E-state index in [-0.39, 0.29) is 6.03 Å². The maximum atomic E-state index is 11.9. The quantitative estimate of drug-likeness (QED) is 0.913. The van der Waals surface area contributed by atoms with Gasteiger partial charge < -0.3 is 15.0 Å². The van der Waals surface area contributed by atoms with E-state index in [0.29, 0.717) is 13.2 Å². The highest BCUT2D eigenvalue weighted by Gasteiger charge is 2.08. The first-order valence-corrected chi connectivity index (χ1v) is 6.87. The first-order chi connectivity index (χ1) is 10.2. The highest BCUT2D eigenvalue weighted by Crippen LogP contribution is 2.21. The summed E-state index contributed by atoms with van der Waals surface area (Å²) in [4.78, 5) is 13.5. The molecule has 0 saturated heterocycles. The molecule has 2 aromatic carbocycles. The first kappa shape index (κ1) is 15.1. The minimum Gasteiger partial charge on any atom is -0.383 e. The number of benzene rings is 2. The molecule has 0 saturated carbocycles. The number of carbonyl (C=O) groups excluding carboxylic acids is 1. The summed E-state index contributed by atoms with van der Waals surface area (Å²) < 4.78 is 4.96. The van der Waals surface area contributed by atoms with Crippen LogP contribution in [0.2, 0.25) is 0 Å². The Morgan fingerprint density at radius 2 is 1.67 bits per heavy atom. The van der Waals surface area contributed by atoms with Gasteiger partial charge in [-0.25, -0.2) is 4.79 Å². The molecule has 0 aliphatic rings. The minimum atomic E-state index is -0.139. The standard InChI is InChI=1S/C17H20N2O2/c1-19(12-13-21-2)17(20)18-16-10-8-15(9-11-16)14-6-4-3-5-7-14/h3-11H,12-13H2,1-2H3,(H,18,20). The maximum absolute atomic E-state index is 11.9. The zero-order valence-corrected chi connectivity index (χ0v) is 12.4. The van der Waals surface area contributed by atoms with Crippen molar-refractivity contribution in [2.45, 2.75) is 0 Å². The lowest BCUT2D eigenvalue weighted by Gasteiger charge is -2.17. The first-order valence-electron chi connectivity index (χ1n) is 6.87. The molecule has 1 N–H and O–H groups in total. The van der Waals surface area contributed by atoms with Crippen molar-refractivity contribution in [1.82, 2.24) is 4.90 Å². The molecule has 0 aromatic heterocycles. The van der Waals surface area contributed by atoms with Gasteiger partial charge in [0, 0.05) is 26.4 Å². The molecule has 2 amide bonds. The molecule has 0 unspecified atom stereocenters. The van der Waals surface area contributed by atoms with Crippen LogP contribution in [0.25, 0.3) is 11.1 Å². The van der Waals surface area contributed by atoms with Crippen LogP contribution in [0.1, 0.15) is 0 Å². The van der Waals surface area contributed by atoms with Crippen LogP contribution in [0.3, 0.4) is 0 Å². The lowest BCUT2D eigenvalue weighted by atomic mass is 10.1. The highest BCUT2D eigenvalue weighted by molar-refractivity contribution is 5.89. The van der Waals surface area contributed by atoms with E-state index in [4.69, 9.17) is 4.74 Å². The molecule has 0 fully saturated rings. The summed E-state index contributed by atoms with van der Waals surface area (Å²) in [5.41, 5.74) is 3.07. The second-order valence-electron chi connectivity index (χ2n) is 4.79. The molecule has 4 heteroatoms. The van der Waals surface area contributed by atoms with Gasteiger partial charge in [0.25, 0.3) is 0 Å². The van der Waals surface area contributed by atoms with Crippen molar-refractivity contribution in [3.05, 3.63) is 54.6 Å². The zero-order valence-electron chi connectivity index (χ0n) is 12.4. The SMILES string of the molecule is COCCN(C)C(=O)Nc1ccc(-c2ccccc2)cc1. The van der Waals surface area contributed by atoms with Gasteiger partial charge in [-0.15, -0.1) is 0 Å². The van der Waals surface area contributed by atoms with Crippen LogP contribution in [-0.2, 0) is 4.74 Å². The van der Waals surface area contributed by atoms with Crippen LogP contribution in [0.4, 0.5) is 10.5 Å². The summed E-state index contributed by atoms with van der Waals surface area (Å²) in [6, 6.07) is 17.8. The third kappa shape index (κ3) is 4.33. The number of hydrogen-bond acceptors (Lipinski definition) is 2.